The number of aliphatic hydroxyl groups is 1. The molecule has 3 aromatic carbocycles. The van der Waals surface area contributed by atoms with Crippen molar-refractivity contribution in [3.63, 3.8) is 0 Å². The lowest BCUT2D eigenvalue weighted by molar-refractivity contribution is -0.145. The number of benzene rings is 3. The van der Waals surface area contributed by atoms with Gasteiger partial charge in [0.1, 0.15) is 35.9 Å². The number of likely N-dealkylation sites (tertiary alicyclic amines) is 1. The van der Waals surface area contributed by atoms with Crippen LogP contribution in [0.4, 0.5) is 0 Å². The fourth-order valence-electron chi connectivity index (χ4n) is 14.1. The molecule has 34 heteroatoms. The van der Waals surface area contributed by atoms with E-state index >= 15 is 4.79 Å². The molecule has 11 rings (SSSR count). The highest BCUT2D eigenvalue weighted by Gasteiger charge is 2.50. The summed E-state index contributed by atoms with van der Waals surface area (Å²) in [6.07, 6.45) is 1.96. The summed E-state index contributed by atoms with van der Waals surface area (Å²) in [6.45, 7) is 7.40. The molecule has 7 heterocycles. The molecule has 3 saturated heterocycles. The van der Waals surface area contributed by atoms with Gasteiger partial charge >= 0.3 is 7.60 Å². The van der Waals surface area contributed by atoms with E-state index in [-0.39, 0.29) is 136 Å². The Bertz CT molecular complexity index is 4440. The number of amides is 9. The fourth-order valence-corrected chi connectivity index (χ4v) is 16.3. The van der Waals surface area contributed by atoms with Crippen LogP contribution in [0.3, 0.4) is 0 Å². The quantitative estimate of drug-likeness (QED) is 0.0248. The van der Waals surface area contributed by atoms with Crippen LogP contribution in [0, 0.1) is 12.3 Å². The van der Waals surface area contributed by atoms with E-state index in [1.165, 1.54) is 81.5 Å². The highest BCUT2D eigenvalue weighted by Crippen LogP contribution is 2.45. The number of unbranched alkanes of at least 4 members (excludes halogenated alkanes) is 2. The van der Waals surface area contributed by atoms with Gasteiger partial charge in [-0.15, -0.1) is 16.4 Å². The number of carbonyl (C=O) groups excluding carboxylic acids is 10. The van der Waals surface area contributed by atoms with Crippen molar-refractivity contribution in [2.75, 3.05) is 38.5 Å². The smallest absolute Gasteiger partial charge is 0.391 e. The summed E-state index contributed by atoms with van der Waals surface area (Å²) in [5.74, 6) is -5.38. The van der Waals surface area contributed by atoms with Crippen LogP contribution in [0.15, 0.2) is 83.2 Å². The Labute approximate surface area is 603 Å². The third-order valence-electron chi connectivity index (χ3n) is 20.0. The number of aromatic nitrogens is 5. The van der Waals surface area contributed by atoms with E-state index in [4.69, 9.17) is 10.5 Å². The van der Waals surface area contributed by atoms with E-state index in [0.29, 0.717) is 35.9 Å². The van der Waals surface area contributed by atoms with Gasteiger partial charge in [-0.1, -0.05) is 68.8 Å². The van der Waals surface area contributed by atoms with Gasteiger partial charge in [0.05, 0.1) is 69.9 Å². The first-order valence-electron chi connectivity index (χ1n) is 34.9. The number of rotatable bonds is 28. The second-order valence-corrected chi connectivity index (χ2v) is 32.7. The average Bonchev–Trinajstić information content (AvgIpc) is 1.59. The number of aryl methyl sites for hydroxylation is 1. The number of fused-ring (bicyclic) bond motifs is 3. The zero-order chi connectivity index (χ0) is 74.5. The van der Waals surface area contributed by atoms with E-state index in [0.717, 1.165) is 40.4 Å². The molecule has 8 atom stereocenters. The van der Waals surface area contributed by atoms with Crippen LogP contribution >= 0.6 is 18.9 Å². The first-order valence-corrected chi connectivity index (χ1v) is 39.0. The number of hydrogen-bond acceptors (Lipinski definition) is 19. The number of nitrogens with zero attached hydrogens (tertiary/aromatic N) is 7. The van der Waals surface area contributed by atoms with Crippen molar-refractivity contribution < 1.29 is 80.6 Å². The largest absolute Gasteiger partial charge is 0.396 e. The molecule has 9 amide bonds. The van der Waals surface area contributed by atoms with Gasteiger partial charge in [0.25, 0.3) is 11.4 Å². The van der Waals surface area contributed by atoms with Crippen LogP contribution < -0.4 is 32.3 Å². The monoisotopic (exact) mass is 1490 g/mol. The number of H-pyrrole nitrogens is 1. The predicted octanol–water partition coefficient (Wildman–Crippen LogP) is 3.62. The van der Waals surface area contributed by atoms with Crippen molar-refractivity contribution in [2.45, 2.75) is 184 Å². The normalized spacial score (nSPS) is 21.0. The summed E-state index contributed by atoms with van der Waals surface area (Å²) in [5, 5.41) is 34.5. The zero-order valence-electron chi connectivity index (χ0n) is 58.1. The van der Waals surface area contributed by atoms with E-state index in [9.17, 15) is 71.0 Å². The molecule has 0 spiro atoms. The lowest BCUT2D eigenvalue weighted by Crippen LogP contribution is -2.62. The van der Waals surface area contributed by atoms with Crippen LogP contribution in [0.2, 0.25) is 0 Å². The summed E-state index contributed by atoms with van der Waals surface area (Å²) in [6, 6.07) is 10.8. The molecule has 104 heavy (non-hydrogen) atoms. The fraction of sp³-hybridized carbons (Fsp3) is 0.500. The lowest BCUT2D eigenvalue weighted by atomic mass is 9.84. The van der Waals surface area contributed by atoms with Crippen LogP contribution in [0.25, 0.3) is 21.3 Å². The Morgan fingerprint density at radius 3 is 2.31 bits per heavy atom. The number of aromatic amines is 1. The number of sulfone groups is 1. The molecule has 0 bridgehead atoms. The number of primary amides is 1. The van der Waals surface area contributed by atoms with E-state index in [1.54, 1.807) is 10.2 Å². The third kappa shape index (κ3) is 17.6. The van der Waals surface area contributed by atoms with Gasteiger partial charge in [-0.3, -0.25) is 52.5 Å². The number of β-amino-alcohol motifs (C(OH)–C–C–N with tert-alkyl or cyclic N) is 1. The van der Waals surface area contributed by atoms with E-state index in [1.807, 2.05) is 45.0 Å². The van der Waals surface area contributed by atoms with Crippen LogP contribution in [-0.4, -0.2) is 197 Å². The molecular formula is C70H87N14O17PS2. The topological polar surface area (TPSA) is 447 Å². The van der Waals surface area contributed by atoms with Gasteiger partial charge in [-0.25, -0.2) is 18.1 Å². The molecule has 6 aromatic rings. The Balaban J connectivity index is 0.740. The maximum atomic E-state index is 15.1. The molecule has 4 fully saturated rings. The number of nitrogens with two attached hydrogens (primary N) is 1. The predicted molar refractivity (Wildman–Crippen MR) is 377 cm³/mol. The Morgan fingerprint density at radius 1 is 0.875 bits per heavy atom. The molecule has 556 valence electrons. The number of thiazole rings is 1. The number of ether oxygens (including phenoxy) is 1. The number of aliphatic hydroxyl groups excluding tert-OH is 1. The summed E-state index contributed by atoms with van der Waals surface area (Å²) in [4.78, 5) is 172. The van der Waals surface area contributed by atoms with Crippen molar-refractivity contribution >= 4 is 98.4 Å². The molecule has 1 saturated carbocycles. The Morgan fingerprint density at radius 2 is 1.62 bits per heavy atom. The molecule has 11 N–H and O–H groups in total. The molecule has 5 aliphatic rings. The summed E-state index contributed by atoms with van der Waals surface area (Å²) >= 11 is 1.48. The van der Waals surface area contributed by atoms with Crippen molar-refractivity contribution in [2.24, 2.45) is 11.1 Å². The lowest BCUT2D eigenvalue weighted by Gasteiger charge is -2.39. The highest BCUT2D eigenvalue weighted by atomic mass is 32.2. The number of carbonyl (C=O) groups is 10. The first-order chi connectivity index (χ1) is 49.5. The first kappa shape index (κ1) is 76.0. The molecule has 1 aliphatic carbocycles. The maximum Gasteiger partial charge on any atom is 0.396 e. The van der Waals surface area contributed by atoms with Gasteiger partial charge < -0.3 is 71.6 Å². The van der Waals surface area contributed by atoms with Gasteiger partial charge in [-0.2, -0.15) is 0 Å². The number of hydrogen-bond donors (Lipinski definition) is 10. The van der Waals surface area contributed by atoms with E-state index < -0.39 is 124 Å². The average molecular weight is 1490 g/mol. The van der Waals surface area contributed by atoms with Crippen molar-refractivity contribution in [3.8, 4) is 10.4 Å². The minimum atomic E-state index is -5.18. The van der Waals surface area contributed by atoms with Crippen LogP contribution in [-0.2, 0) is 70.6 Å². The van der Waals surface area contributed by atoms with Gasteiger partial charge in [-0.05, 0) is 111 Å². The van der Waals surface area contributed by atoms with Crippen molar-refractivity contribution in [1.82, 2.24) is 66.2 Å². The molecular weight excluding hydrogens is 1400 g/mol. The molecule has 31 nitrogen and oxygen atoms in total. The zero-order valence-corrected chi connectivity index (χ0v) is 60.6. The minimum Gasteiger partial charge on any atom is -0.391 e. The highest BCUT2D eigenvalue weighted by molar-refractivity contribution is 7.91. The maximum absolute atomic E-state index is 15.1. The van der Waals surface area contributed by atoms with E-state index in [2.05, 4.69) is 46.9 Å². The van der Waals surface area contributed by atoms with Gasteiger partial charge in [0.2, 0.25) is 47.3 Å². The van der Waals surface area contributed by atoms with Crippen LogP contribution in [0.1, 0.15) is 171 Å². The summed E-state index contributed by atoms with van der Waals surface area (Å²) in [7, 11) is -8.67. The summed E-state index contributed by atoms with van der Waals surface area (Å²) < 4.78 is 44.3. The minimum absolute atomic E-state index is 0.00517. The van der Waals surface area contributed by atoms with Gasteiger partial charge in [0, 0.05) is 85.8 Å². The second kappa shape index (κ2) is 32.1. The summed E-state index contributed by atoms with van der Waals surface area (Å²) in [5.41, 5.74) is 9.26. The second-order valence-electron chi connectivity index (χ2n) is 28.0. The molecule has 0 radical (unpaired) electrons. The third-order valence-corrected chi connectivity index (χ3v) is 23.5. The van der Waals surface area contributed by atoms with Crippen LogP contribution in [0.5, 0.6) is 0 Å². The molecule has 4 aliphatic heterocycles. The molecule has 0 unspecified atom stereocenters. The van der Waals surface area contributed by atoms with Crippen molar-refractivity contribution in [3.05, 3.63) is 118 Å². The molecule has 3 aromatic heterocycles. The standard InChI is InChI=1S/C70H87N14O17PS2/c1-5-104(99,100)48-20-10-40(11-21-48)33-73-63(89)50(23-25-57(71)86)76-65(91)54-24-19-46-26-28-81(35-53(67(93)83(46)54)78-64(90)52-30-45-29-44(18-22-49(45)75-52)69(95)102(96,97)98)59(88)9-7-6-8-27-72-58(87)32-51(41-12-16-43(17-13-41)61-39(2)74-38-103-61)77-66(92)55-31-47(85)34-82(55)68(94)62-70(3,4)37-101-36-56-60(42-14-15-42)79-80-84(56)62/h10-13,16-18,20-22,29-30,38,42,46-47,50-51,53-55,62,75,85H,5-9,14-15,19,23-28,31-37H2,1-4H3,(H2,71,86)(H,72,87)(H,73,89)(H,76,91)(H,77,92)(H,78,90)(H2,96,97,98)/t46-,47+,50+,51+,53+,54+,55-,62-/m1/s1. The van der Waals surface area contributed by atoms with Gasteiger partial charge in [0.15, 0.2) is 9.84 Å². The number of nitrogens with one attached hydrogen (secondary N) is 6. The Hall–Kier alpha value is -9.11. The van der Waals surface area contributed by atoms with Crippen molar-refractivity contribution in [1.29, 1.82) is 0 Å². The Kier molecular flexibility index (Phi) is 23.5. The SMILES string of the molecule is CCS(=O)(=O)c1ccc(CNC(=O)[C@H](CCC(N)=O)NC(=O)[C@@H]2CC[C@@H]3CCN(C(=O)CCCCCNC(=O)C[C@H](NC(=O)[C@H]4C[C@H](O)CN4C(=O)[C@H]4n5nnc(C6CC6)c5COCC4(C)C)c4ccc(-c5scnc5C)cc4)C[C@H](NC(=O)c4cc5cc(C(=O)P(=O)(O)O)ccc5[nH]4)C(=O)N32)cc1.